The summed E-state index contributed by atoms with van der Waals surface area (Å²) >= 11 is 0. The number of aliphatic hydroxyl groups excluding tert-OH is 1. The number of β-amino-alcohol motifs (C(OH)–C–C–N with tert-alkyl or cyclic N) is 1. The van der Waals surface area contributed by atoms with E-state index in [2.05, 4.69) is 0 Å². The number of carbonyl (C=O) groups excluding carboxylic acids is 2. The summed E-state index contributed by atoms with van der Waals surface area (Å²) in [6.45, 7) is 5.62. The lowest BCUT2D eigenvalue weighted by atomic mass is 10.1. The molecule has 0 spiro atoms. The maximum absolute atomic E-state index is 12.1. The fourth-order valence-electron chi connectivity index (χ4n) is 2.33. The van der Waals surface area contributed by atoms with E-state index in [9.17, 15) is 14.7 Å². The minimum Gasteiger partial charge on any atom is -0.460 e. The monoisotopic (exact) mass is 321 g/mol. The molecule has 1 saturated heterocycles. The molecular weight excluding hydrogens is 298 g/mol. The third-order valence-corrected chi connectivity index (χ3v) is 3.47. The Bertz CT molecular complexity index is 552. The Morgan fingerprint density at radius 3 is 2.48 bits per heavy atom. The minimum atomic E-state index is -0.939. The number of likely N-dealkylation sites (tertiary alicyclic amines) is 1. The number of ether oxygens (including phenoxy) is 2. The second-order valence-electron chi connectivity index (χ2n) is 6.65. The highest BCUT2D eigenvalue weighted by Crippen LogP contribution is 2.21. The zero-order valence-electron chi connectivity index (χ0n) is 13.7. The van der Waals surface area contributed by atoms with Gasteiger partial charge in [0.15, 0.2) is 0 Å². The summed E-state index contributed by atoms with van der Waals surface area (Å²) in [5.41, 5.74) is 0.255. The molecule has 1 N–H and O–H groups in total. The predicted octanol–water partition coefficient (Wildman–Crippen LogP) is 1.96. The van der Waals surface area contributed by atoms with Gasteiger partial charge in [-0.1, -0.05) is 30.3 Å². The number of hydrogen-bond donors (Lipinski definition) is 1. The van der Waals surface area contributed by atoms with Gasteiger partial charge in [0.25, 0.3) is 0 Å². The molecule has 6 nitrogen and oxygen atoms in total. The Kier molecular flexibility index (Phi) is 5.26. The van der Waals surface area contributed by atoms with Gasteiger partial charge < -0.3 is 19.5 Å². The lowest BCUT2D eigenvalue weighted by Gasteiger charge is -2.24. The van der Waals surface area contributed by atoms with Crippen LogP contribution in [0.25, 0.3) is 0 Å². The van der Waals surface area contributed by atoms with Crippen LogP contribution in [0.2, 0.25) is 0 Å². The fourth-order valence-corrected chi connectivity index (χ4v) is 2.33. The van der Waals surface area contributed by atoms with Gasteiger partial charge >= 0.3 is 12.1 Å². The Balaban J connectivity index is 1.88. The summed E-state index contributed by atoms with van der Waals surface area (Å²) in [5, 5.41) is 10.0. The molecule has 1 aliphatic rings. The first-order chi connectivity index (χ1) is 10.8. The van der Waals surface area contributed by atoms with Crippen molar-refractivity contribution >= 4 is 12.1 Å². The number of amides is 1. The van der Waals surface area contributed by atoms with E-state index in [-0.39, 0.29) is 19.7 Å². The Morgan fingerprint density at radius 1 is 1.22 bits per heavy atom. The second kappa shape index (κ2) is 7.00. The number of rotatable bonds is 3. The summed E-state index contributed by atoms with van der Waals surface area (Å²) in [6, 6.07) is 9.30. The lowest BCUT2D eigenvalue weighted by molar-refractivity contribution is -0.152. The summed E-state index contributed by atoms with van der Waals surface area (Å²) in [7, 11) is 0. The van der Waals surface area contributed by atoms with Crippen molar-refractivity contribution in [2.45, 2.75) is 39.1 Å². The molecule has 2 unspecified atom stereocenters. The average Bonchev–Trinajstić information content (AvgIpc) is 2.86. The molecule has 1 aromatic carbocycles. The van der Waals surface area contributed by atoms with Gasteiger partial charge in [-0.25, -0.2) is 4.79 Å². The molecule has 0 bridgehead atoms. The van der Waals surface area contributed by atoms with Gasteiger partial charge in [0.05, 0.1) is 12.6 Å². The number of esters is 1. The first-order valence-electron chi connectivity index (χ1n) is 7.63. The number of benzene rings is 1. The van der Waals surface area contributed by atoms with Crippen LogP contribution in [0.3, 0.4) is 0 Å². The van der Waals surface area contributed by atoms with Crippen LogP contribution >= 0.6 is 0 Å². The van der Waals surface area contributed by atoms with E-state index in [0.717, 1.165) is 5.56 Å². The van der Waals surface area contributed by atoms with Gasteiger partial charge in [-0.05, 0) is 26.3 Å². The van der Waals surface area contributed by atoms with Gasteiger partial charge in [0.2, 0.25) is 0 Å². The van der Waals surface area contributed by atoms with Crippen LogP contribution in [0.15, 0.2) is 30.3 Å². The number of carbonyl (C=O) groups is 2. The van der Waals surface area contributed by atoms with Crippen LogP contribution in [0.4, 0.5) is 4.79 Å². The van der Waals surface area contributed by atoms with E-state index in [0.29, 0.717) is 0 Å². The Labute approximate surface area is 136 Å². The second-order valence-corrected chi connectivity index (χ2v) is 6.65. The van der Waals surface area contributed by atoms with Crippen molar-refractivity contribution in [1.82, 2.24) is 4.90 Å². The average molecular weight is 321 g/mol. The first-order valence-corrected chi connectivity index (χ1v) is 7.63. The first kappa shape index (κ1) is 17.3. The summed E-state index contributed by atoms with van der Waals surface area (Å²) in [6.07, 6.45) is -1.47. The molecule has 1 aromatic rings. The molecule has 2 rings (SSSR count). The maximum Gasteiger partial charge on any atom is 0.410 e. The van der Waals surface area contributed by atoms with Crippen LogP contribution < -0.4 is 0 Å². The highest BCUT2D eigenvalue weighted by molar-refractivity contribution is 5.76. The van der Waals surface area contributed by atoms with E-state index >= 15 is 0 Å². The highest BCUT2D eigenvalue weighted by Gasteiger charge is 2.41. The van der Waals surface area contributed by atoms with Gasteiger partial charge in [-0.2, -0.15) is 0 Å². The van der Waals surface area contributed by atoms with Crippen molar-refractivity contribution in [1.29, 1.82) is 0 Å². The molecule has 126 valence electrons. The minimum absolute atomic E-state index is 0.0695. The molecule has 0 aromatic heterocycles. The topological polar surface area (TPSA) is 76.1 Å². The predicted molar refractivity (Wildman–Crippen MR) is 83.5 cm³/mol. The zero-order valence-corrected chi connectivity index (χ0v) is 13.7. The summed E-state index contributed by atoms with van der Waals surface area (Å²) < 4.78 is 10.5. The standard InChI is InChI=1S/C17H23NO5/c1-17(2,3)23-16(21)18-9-13(14(19)10-18)15(20)22-11-12-7-5-4-6-8-12/h4-8,13-14,19H,9-11H2,1-3H3. The largest absolute Gasteiger partial charge is 0.460 e. The number of aliphatic hydroxyl groups is 1. The molecule has 23 heavy (non-hydrogen) atoms. The van der Waals surface area contributed by atoms with Crippen molar-refractivity contribution in [2.75, 3.05) is 13.1 Å². The van der Waals surface area contributed by atoms with Gasteiger partial charge in [0.1, 0.15) is 18.1 Å². The van der Waals surface area contributed by atoms with Crippen LogP contribution in [-0.2, 0) is 20.9 Å². The summed E-state index contributed by atoms with van der Waals surface area (Å²) in [5.74, 6) is -1.25. The molecule has 0 aliphatic carbocycles. The van der Waals surface area contributed by atoms with E-state index < -0.39 is 29.7 Å². The van der Waals surface area contributed by atoms with Crippen LogP contribution in [0.5, 0.6) is 0 Å². The SMILES string of the molecule is CC(C)(C)OC(=O)N1CC(O)C(C(=O)OCc2ccccc2)C1. The molecule has 1 fully saturated rings. The van der Waals surface area contributed by atoms with Crippen molar-refractivity contribution < 1.29 is 24.2 Å². The number of hydrogen-bond acceptors (Lipinski definition) is 5. The van der Waals surface area contributed by atoms with E-state index in [1.54, 1.807) is 20.8 Å². The van der Waals surface area contributed by atoms with Gasteiger partial charge in [-0.3, -0.25) is 4.79 Å². The maximum atomic E-state index is 12.1. The summed E-state index contributed by atoms with van der Waals surface area (Å²) in [4.78, 5) is 25.5. The smallest absolute Gasteiger partial charge is 0.410 e. The molecular formula is C17H23NO5. The van der Waals surface area contributed by atoms with Crippen LogP contribution in [0, 0.1) is 5.92 Å². The Morgan fingerprint density at radius 2 is 1.87 bits per heavy atom. The van der Waals surface area contributed by atoms with Crippen molar-refractivity contribution in [3.05, 3.63) is 35.9 Å². The van der Waals surface area contributed by atoms with Crippen molar-refractivity contribution in [3.63, 3.8) is 0 Å². The zero-order chi connectivity index (χ0) is 17.0. The highest BCUT2D eigenvalue weighted by atomic mass is 16.6. The third kappa shape index (κ3) is 4.96. The number of nitrogens with zero attached hydrogens (tertiary/aromatic N) is 1. The molecule has 1 aliphatic heterocycles. The quantitative estimate of drug-likeness (QED) is 0.861. The van der Waals surface area contributed by atoms with Gasteiger partial charge in [-0.15, -0.1) is 0 Å². The Hall–Kier alpha value is -2.08. The van der Waals surface area contributed by atoms with Gasteiger partial charge in [0, 0.05) is 6.54 Å². The molecule has 0 radical (unpaired) electrons. The molecule has 0 saturated carbocycles. The van der Waals surface area contributed by atoms with Crippen LogP contribution in [-0.4, -0.2) is 46.9 Å². The molecule has 6 heteroatoms. The van der Waals surface area contributed by atoms with E-state index in [4.69, 9.17) is 9.47 Å². The molecule has 1 amide bonds. The fraction of sp³-hybridized carbons (Fsp3) is 0.529. The lowest BCUT2D eigenvalue weighted by Crippen LogP contribution is -2.36. The molecule has 1 heterocycles. The molecule has 2 atom stereocenters. The van der Waals surface area contributed by atoms with E-state index in [1.807, 2.05) is 30.3 Å². The van der Waals surface area contributed by atoms with E-state index in [1.165, 1.54) is 4.90 Å². The normalized spacial score (nSPS) is 21.1. The van der Waals surface area contributed by atoms with Crippen molar-refractivity contribution in [2.24, 2.45) is 5.92 Å². The third-order valence-electron chi connectivity index (χ3n) is 3.47. The van der Waals surface area contributed by atoms with Crippen molar-refractivity contribution in [3.8, 4) is 0 Å². The van der Waals surface area contributed by atoms with Crippen LogP contribution in [0.1, 0.15) is 26.3 Å².